The number of carbonyl (C=O) groups is 1. The van der Waals surface area contributed by atoms with E-state index in [0.29, 0.717) is 6.04 Å². The van der Waals surface area contributed by atoms with Gasteiger partial charge < -0.3 is 5.32 Å². The van der Waals surface area contributed by atoms with E-state index in [-0.39, 0.29) is 11.2 Å². The summed E-state index contributed by atoms with van der Waals surface area (Å²) in [6, 6.07) is 0.448. The molecule has 3 nitrogen and oxygen atoms in total. The van der Waals surface area contributed by atoms with Crippen molar-refractivity contribution in [3.63, 3.8) is 0 Å². The average Bonchev–Trinajstić information content (AvgIpc) is 2.68. The number of amides is 1. The van der Waals surface area contributed by atoms with Gasteiger partial charge in [0.2, 0.25) is 5.91 Å². The topological polar surface area (TPSA) is 41.5 Å². The van der Waals surface area contributed by atoms with E-state index < -0.39 is 0 Å². The van der Waals surface area contributed by atoms with Crippen molar-refractivity contribution in [1.82, 2.24) is 5.32 Å². The van der Waals surface area contributed by atoms with Crippen molar-refractivity contribution in [3.05, 3.63) is 0 Å². The minimum absolute atomic E-state index is 0.123. The zero-order chi connectivity index (χ0) is 14.5. The Morgan fingerprint density at radius 2 is 1.57 bits per heavy atom. The summed E-state index contributed by atoms with van der Waals surface area (Å²) >= 11 is 1.70. The van der Waals surface area contributed by atoms with E-state index >= 15 is 0 Å². The van der Waals surface area contributed by atoms with Crippen molar-refractivity contribution < 1.29 is 4.79 Å². The molecule has 0 aromatic carbocycles. The predicted molar refractivity (Wildman–Crippen MR) is 89.6 cm³/mol. The van der Waals surface area contributed by atoms with Crippen LogP contribution in [0.5, 0.6) is 0 Å². The molecule has 1 atom stereocenters. The van der Waals surface area contributed by atoms with Gasteiger partial charge in [0.1, 0.15) is 0 Å². The first-order valence-corrected chi connectivity index (χ1v) is 9.74. The van der Waals surface area contributed by atoms with E-state index in [0.717, 1.165) is 17.5 Å². The van der Waals surface area contributed by atoms with Gasteiger partial charge in [-0.05, 0) is 25.2 Å². The Morgan fingerprint density at radius 1 is 0.952 bits per heavy atom. The second-order valence-corrected chi connectivity index (χ2v) is 8.11. The molecule has 0 radical (unpaired) electrons. The molecule has 4 heteroatoms. The lowest BCUT2D eigenvalue weighted by Crippen LogP contribution is -2.27. The molecule has 1 amide bonds. The average molecular weight is 308 g/mol. The summed E-state index contributed by atoms with van der Waals surface area (Å²) in [4.78, 5) is 17.0. The Hall–Kier alpha value is -0.510. The van der Waals surface area contributed by atoms with E-state index in [9.17, 15) is 4.79 Å². The van der Waals surface area contributed by atoms with Gasteiger partial charge >= 0.3 is 0 Å². The first kappa shape index (κ1) is 15.4. The van der Waals surface area contributed by atoms with E-state index in [2.05, 4.69) is 5.32 Å². The highest BCUT2D eigenvalue weighted by Crippen LogP contribution is 2.33. The number of carbonyl (C=O) groups excluding carboxylic acids is 1. The molecule has 0 spiro atoms. The van der Waals surface area contributed by atoms with Crippen molar-refractivity contribution in [2.75, 3.05) is 0 Å². The Bertz CT molecular complexity index is 382. The second kappa shape index (κ2) is 7.66. The predicted octanol–water partition coefficient (Wildman–Crippen LogP) is 4.27. The van der Waals surface area contributed by atoms with Crippen LogP contribution in [0.1, 0.15) is 77.0 Å². The zero-order valence-electron chi connectivity index (χ0n) is 13.0. The van der Waals surface area contributed by atoms with Gasteiger partial charge in [-0.1, -0.05) is 69.5 Å². The molecule has 1 aliphatic heterocycles. The maximum Gasteiger partial charge on any atom is 0.239 e. The maximum absolute atomic E-state index is 12.2. The highest BCUT2D eigenvalue weighted by molar-refractivity contribution is 8.15. The molecule has 0 bridgehead atoms. The summed E-state index contributed by atoms with van der Waals surface area (Å²) in [5.74, 6) is 0.970. The molecule has 1 N–H and O–H groups in total. The fourth-order valence-electron chi connectivity index (χ4n) is 3.90. The third-order valence-electron chi connectivity index (χ3n) is 5.17. The van der Waals surface area contributed by atoms with Crippen LogP contribution in [0.25, 0.3) is 0 Å². The van der Waals surface area contributed by atoms with Gasteiger partial charge in [-0.15, -0.1) is 0 Å². The Morgan fingerprint density at radius 3 is 2.29 bits per heavy atom. The first-order valence-electron chi connectivity index (χ1n) is 8.86. The summed E-state index contributed by atoms with van der Waals surface area (Å²) < 4.78 is 0. The highest BCUT2D eigenvalue weighted by atomic mass is 32.2. The number of rotatable bonds is 3. The Labute approximate surface area is 132 Å². The number of hydrogen-bond acceptors (Lipinski definition) is 3. The molecule has 1 heterocycles. The van der Waals surface area contributed by atoms with E-state index in [1.165, 1.54) is 70.6 Å². The molecule has 1 unspecified atom stereocenters. The number of nitrogens with zero attached hydrogens (tertiary/aromatic N) is 1. The quantitative estimate of drug-likeness (QED) is 0.791. The fraction of sp³-hybridized carbons (Fsp3) is 0.882. The van der Waals surface area contributed by atoms with Crippen LogP contribution < -0.4 is 5.32 Å². The van der Waals surface area contributed by atoms with Gasteiger partial charge in [0.05, 0.1) is 11.3 Å². The lowest BCUT2D eigenvalue weighted by atomic mass is 9.86. The van der Waals surface area contributed by atoms with Crippen molar-refractivity contribution in [3.8, 4) is 0 Å². The Kier molecular flexibility index (Phi) is 5.61. The second-order valence-electron chi connectivity index (χ2n) is 6.92. The van der Waals surface area contributed by atoms with Crippen molar-refractivity contribution in [2.45, 2.75) is 88.3 Å². The molecule has 3 rings (SSSR count). The van der Waals surface area contributed by atoms with Gasteiger partial charge in [-0.3, -0.25) is 9.79 Å². The van der Waals surface area contributed by atoms with Gasteiger partial charge in [0, 0.05) is 0 Å². The highest BCUT2D eigenvalue weighted by Gasteiger charge is 2.33. The molecular formula is C17H28N2OS. The number of nitrogens with one attached hydrogen (secondary N) is 1. The molecule has 0 aromatic rings. The smallest absolute Gasteiger partial charge is 0.239 e. The van der Waals surface area contributed by atoms with Gasteiger partial charge in [0.15, 0.2) is 5.17 Å². The standard InChI is InChI=1S/C17H28N2OS/c20-16-15(12-13-8-4-3-5-9-13)21-17(19-16)18-14-10-6-1-2-7-11-14/h13-15H,1-12H2,(H,18,19,20). The largest absolute Gasteiger partial charge is 0.304 e. The molecule has 118 valence electrons. The molecule has 3 fully saturated rings. The fourth-order valence-corrected chi connectivity index (χ4v) is 5.07. The molecule has 2 aliphatic carbocycles. The summed E-state index contributed by atoms with van der Waals surface area (Å²) in [5, 5.41) is 4.07. The third-order valence-corrected chi connectivity index (χ3v) is 6.29. The molecule has 0 aromatic heterocycles. The SMILES string of the molecule is O=C1NC(=NC2CCCCCC2)SC1CC1CCCCC1. The van der Waals surface area contributed by atoms with Crippen molar-refractivity contribution in [1.29, 1.82) is 0 Å². The number of aliphatic imine (C=N–C) groups is 1. The van der Waals surface area contributed by atoms with Crippen LogP contribution in [0, 0.1) is 5.92 Å². The van der Waals surface area contributed by atoms with Crippen LogP contribution in [0.4, 0.5) is 0 Å². The van der Waals surface area contributed by atoms with Crippen molar-refractivity contribution in [2.24, 2.45) is 10.9 Å². The molecule has 3 aliphatic rings. The van der Waals surface area contributed by atoms with E-state index in [1.807, 2.05) is 0 Å². The maximum atomic E-state index is 12.2. The summed E-state index contributed by atoms with van der Waals surface area (Å²) in [5.41, 5.74) is 0. The Balaban J connectivity index is 1.53. The lowest BCUT2D eigenvalue weighted by molar-refractivity contribution is -0.119. The molecule has 21 heavy (non-hydrogen) atoms. The van der Waals surface area contributed by atoms with Crippen molar-refractivity contribution >= 4 is 22.8 Å². The van der Waals surface area contributed by atoms with Crippen LogP contribution in [-0.2, 0) is 4.79 Å². The van der Waals surface area contributed by atoms with Gasteiger partial charge in [-0.25, -0.2) is 0 Å². The number of thioether (sulfide) groups is 1. The number of hydrogen-bond donors (Lipinski definition) is 1. The normalized spacial score (nSPS) is 31.3. The van der Waals surface area contributed by atoms with Crippen LogP contribution in [0.2, 0.25) is 0 Å². The van der Waals surface area contributed by atoms with Crippen LogP contribution in [0.3, 0.4) is 0 Å². The zero-order valence-corrected chi connectivity index (χ0v) is 13.8. The molecule has 1 saturated heterocycles. The van der Waals surface area contributed by atoms with Gasteiger partial charge in [0.25, 0.3) is 0 Å². The third kappa shape index (κ3) is 4.48. The van der Waals surface area contributed by atoms with E-state index in [4.69, 9.17) is 4.99 Å². The minimum atomic E-state index is 0.123. The lowest BCUT2D eigenvalue weighted by Gasteiger charge is -2.22. The summed E-state index contributed by atoms with van der Waals surface area (Å²) in [6.45, 7) is 0. The minimum Gasteiger partial charge on any atom is -0.304 e. The van der Waals surface area contributed by atoms with E-state index in [1.54, 1.807) is 11.8 Å². The summed E-state index contributed by atoms with van der Waals surface area (Å²) in [6.07, 6.45) is 15.5. The monoisotopic (exact) mass is 308 g/mol. The van der Waals surface area contributed by atoms with Crippen LogP contribution >= 0.6 is 11.8 Å². The molecular weight excluding hydrogens is 280 g/mol. The molecule has 2 saturated carbocycles. The first-order chi connectivity index (χ1) is 10.3. The number of amidine groups is 1. The van der Waals surface area contributed by atoms with Crippen LogP contribution in [-0.4, -0.2) is 22.4 Å². The summed E-state index contributed by atoms with van der Waals surface area (Å²) in [7, 11) is 0. The van der Waals surface area contributed by atoms with Crippen LogP contribution in [0.15, 0.2) is 4.99 Å². The van der Waals surface area contributed by atoms with Gasteiger partial charge in [-0.2, -0.15) is 0 Å².